The number of methoxy groups -OCH3 is 2. The smallest absolute Gasteiger partial charge is 0.143 e. The highest BCUT2D eigenvalue weighted by atomic mass is 16.5. The van der Waals surface area contributed by atoms with Gasteiger partial charge in [0.2, 0.25) is 0 Å². The molecule has 0 fully saturated rings. The van der Waals surface area contributed by atoms with Crippen molar-refractivity contribution in [3.8, 4) is 11.5 Å². The highest BCUT2D eigenvalue weighted by Gasteiger charge is 2.16. The van der Waals surface area contributed by atoms with Crippen molar-refractivity contribution in [2.45, 2.75) is 0 Å². The third-order valence-electron chi connectivity index (χ3n) is 5.48. The highest BCUT2D eigenvalue weighted by molar-refractivity contribution is 6.22. The van der Waals surface area contributed by atoms with Crippen LogP contribution >= 0.6 is 0 Å². The summed E-state index contributed by atoms with van der Waals surface area (Å²) in [5.41, 5.74) is 3.41. The normalized spacial score (nSPS) is 11.9. The fourth-order valence-electron chi connectivity index (χ4n) is 4.09. The van der Waals surface area contributed by atoms with Gasteiger partial charge < -0.3 is 18.3 Å². The van der Waals surface area contributed by atoms with E-state index in [0.717, 1.165) is 66.1 Å². The molecule has 0 aliphatic carbocycles. The fraction of sp³-hybridized carbons (Fsp3) is 0.0833. The number of benzene rings is 4. The molecule has 0 atom stereocenters. The molecule has 6 aromatic rings. The van der Waals surface area contributed by atoms with Gasteiger partial charge in [0.15, 0.2) is 0 Å². The van der Waals surface area contributed by atoms with Crippen LogP contribution in [0.5, 0.6) is 11.5 Å². The molecule has 0 aliphatic heterocycles. The summed E-state index contributed by atoms with van der Waals surface area (Å²) in [5, 5.41) is 6.30. The monoisotopic (exact) mass is 368 g/mol. The molecule has 0 saturated heterocycles. The van der Waals surface area contributed by atoms with E-state index in [1.807, 2.05) is 36.4 Å². The lowest BCUT2D eigenvalue weighted by molar-refractivity contribution is 0.415. The average molecular weight is 368 g/mol. The van der Waals surface area contributed by atoms with Gasteiger partial charge in [0.25, 0.3) is 0 Å². The summed E-state index contributed by atoms with van der Waals surface area (Å²) in [4.78, 5) is 0. The molecule has 2 heterocycles. The van der Waals surface area contributed by atoms with Gasteiger partial charge in [-0.25, -0.2) is 0 Å². The van der Waals surface area contributed by atoms with Gasteiger partial charge >= 0.3 is 0 Å². The van der Waals surface area contributed by atoms with Crippen LogP contribution in [0.2, 0.25) is 0 Å². The molecular formula is C24H16O4. The van der Waals surface area contributed by atoms with Crippen LogP contribution in [0.3, 0.4) is 0 Å². The molecule has 4 heteroatoms. The molecule has 6 rings (SSSR count). The van der Waals surface area contributed by atoms with Crippen LogP contribution in [0.4, 0.5) is 0 Å². The third kappa shape index (κ3) is 1.94. The fourth-order valence-corrected chi connectivity index (χ4v) is 4.09. The van der Waals surface area contributed by atoms with E-state index in [2.05, 4.69) is 24.3 Å². The third-order valence-corrected chi connectivity index (χ3v) is 5.48. The van der Waals surface area contributed by atoms with E-state index in [9.17, 15) is 0 Å². The van der Waals surface area contributed by atoms with Crippen molar-refractivity contribution in [2.75, 3.05) is 14.2 Å². The molecule has 28 heavy (non-hydrogen) atoms. The number of hydrogen-bond donors (Lipinski definition) is 0. The topological polar surface area (TPSA) is 44.7 Å². The van der Waals surface area contributed by atoms with Crippen molar-refractivity contribution >= 4 is 54.6 Å². The predicted octanol–water partition coefficient (Wildman–Crippen LogP) is 6.66. The van der Waals surface area contributed by atoms with Crippen LogP contribution in [0.15, 0.2) is 69.5 Å². The zero-order valence-corrected chi connectivity index (χ0v) is 15.4. The minimum Gasteiger partial charge on any atom is -0.497 e. The maximum absolute atomic E-state index is 6.21. The summed E-state index contributed by atoms with van der Waals surface area (Å²) in [7, 11) is 3.35. The van der Waals surface area contributed by atoms with Gasteiger partial charge in [0.05, 0.1) is 14.2 Å². The van der Waals surface area contributed by atoms with Gasteiger partial charge in [0, 0.05) is 32.3 Å². The maximum Gasteiger partial charge on any atom is 0.143 e. The molecule has 4 nitrogen and oxygen atoms in total. The SMILES string of the molecule is COc1ccc2oc3c(ccc4c3ccc3c5cc(OC)ccc5oc34)c2c1. The second-order valence-corrected chi connectivity index (χ2v) is 6.91. The predicted molar refractivity (Wildman–Crippen MR) is 112 cm³/mol. The second kappa shape index (κ2) is 5.42. The van der Waals surface area contributed by atoms with Crippen LogP contribution in [0.25, 0.3) is 54.6 Å². The van der Waals surface area contributed by atoms with E-state index >= 15 is 0 Å². The number of rotatable bonds is 2. The summed E-state index contributed by atoms with van der Waals surface area (Å²) in [5.74, 6) is 1.63. The van der Waals surface area contributed by atoms with E-state index in [0.29, 0.717) is 0 Å². The molecule has 0 N–H and O–H groups in total. The lowest BCUT2D eigenvalue weighted by Gasteiger charge is -2.00. The van der Waals surface area contributed by atoms with Crippen LogP contribution in [0.1, 0.15) is 0 Å². The number of fused-ring (bicyclic) bond motifs is 9. The van der Waals surface area contributed by atoms with Crippen LogP contribution in [-0.2, 0) is 0 Å². The Labute approximate surface area is 159 Å². The van der Waals surface area contributed by atoms with E-state index in [-0.39, 0.29) is 0 Å². The zero-order valence-electron chi connectivity index (χ0n) is 15.4. The van der Waals surface area contributed by atoms with Gasteiger partial charge in [-0.3, -0.25) is 0 Å². The Morgan fingerprint density at radius 1 is 0.500 bits per heavy atom. The molecule has 0 aliphatic rings. The van der Waals surface area contributed by atoms with Crippen LogP contribution in [0, 0.1) is 0 Å². The first kappa shape index (κ1) is 15.4. The molecule has 0 saturated carbocycles. The molecule has 0 amide bonds. The van der Waals surface area contributed by atoms with Crippen LogP contribution in [-0.4, -0.2) is 14.2 Å². The molecule has 4 aromatic carbocycles. The zero-order chi connectivity index (χ0) is 18.8. The largest absolute Gasteiger partial charge is 0.497 e. The molecule has 0 radical (unpaired) electrons. The Bertz CT molecular complexity index is 1420. The lowest BCUT2D eigenvalue weighted by Crippen LogP contribution is -1.80. The summed E-state index contributed by atoms with van der Waals surface area (Å²) in [6.45, 7) is 0. The molecule has 0 bridgehead atoms. The first-order valence-corrected chi connectivity index (χ1v) is 9.09. The van der Waals surface area contributed by atoms with E-state index in [1.54, 1.807) is 14.2 Å². The number of furan rings is 2. The highest BCUT2D eigenvalue weighted by Crippen LogP contribution is 2.40. The number of ether oxygens (including phenoxy) is 2. The Morgan fingerprint density at radius 2 is 0.893 bits per heavy atom. The van der Waals surface area contributed by atoms with E-state index < -0.39 is 0 Å². The quantitative estimate of drug-likeness (QED) is 0.343. The second-order valence-electron chi connectivity index (χ2n) is 6.91. The molecule has 0 spiro atoms. The average Bonchev–Trinajstić information content (AvgIpc) is 3.30. The molecule has 0 unspecified atom stereocenters. The van der Waals surface area contributed by atoms with Crippen molar-refractivity contribution in [3.05, 3.63) is 60.7 Å². The van der Waals surface area contributed by atoms with Gasteiger partial charge in [-0.15, -0.1) is 0 Å². The van der Waals surface area contributed by atoms with Gasteiger partial charge in [-0.2, -0.15) is 0 Å². The summed E-state index contributed by atoms with van der Waals surface area (Å²) < 4.78 is 23.2. The van der Waals surface area contributed by atoms with Gasteiger partial charge in [-0.05, 0) is 60.7 Å². The van der Waals surface area contributed by atoms with Crippen molar-refractivity contribution in [1.29, 1.82) is 0 Å². The van der Waals surface area contributed by atoms with Crippen molar-refractivity contribution in [3.63, 3.8) is 0 Å². The maximum atomic E-state index is 6.21. The number of hydrogen-bond acceptors (Lipinski definition) is 4. The van der Waals surface area contributed by atoms with Crippen molar-refractivity contribution in [1.82, 2.24) is 0 Å². The van der Waals surface area contributed by atoms with Crippen molar-refractivity contribution < 1.29 is 18.3 Å². The van der Waals surface area contributed by atoms with Gasteiger partial charge in [-0.1, -0.05) is 0 Å². The first-order valence-electron chi connectivity index (χ1n) is 9.09. The van der Waals surface area contributed by atoms with E-state index in [4.69, 9.17) is 18.3 Å². The minimum atomic E-state index is 0.817. The molecular weight excluding hydrogens is 352 g/mol. The summed E-state index contributed by atoms with van der Waals surface area (Å²) in [6, 6.07) is 20.2. The van der Waals surface area contributed by atoms with Gasteiger partial charge in [0.1, 0.15) is 33.8 Å². The Balaban J connectivity index is 1.73. The lowest BCUT2D eigenvalue weighted by atomic mass is 10.0. The summed E-state index contributed by atoms with van der Waals surface area (Å²) in [6.07, 6.45) is 0. The standard InChI is InChI=1S/C24H16O4/c1-25-13-3-9-21-19(11-13)17-7-5-16-15(23(17)27-21)6-8-18-20-12-14(26-2)4-10-22(20)28-24(16)18/h3-12H,1-2H3. The Hall–Kier alpha value is -3.66. The first-order chi connectivity index (χ1) is 13.8. The Morgan fingerprint density at radius 3 is 1.29 bits per heavy atom. The molecule has 2 aromatic heterocycles. The summed E-state index contributed by atoms with van der Waals surface area (Å²) >= 11 is 0. The van der Waals surface area contributed by atoms with Crippen LogP contribution < -0.4 is 9.47 Å². The Kier molecular flexibility index (Phi) is 2.98. The minimum absolute atomic E-state index is 0.817. The molecule has 136 valence electrons. The van der Waals surface area contributed by atoms with E-state index in [1.165, 1.54) is 0 Å². The van der Waals surface area contributed by atoms with Crippen molar-refractivity contribution in [2.24, 2.45) is 0 Å².